The molecular weight excluding hydrogens is 124 g/mol. The second kappa shape index (κ2) is 3.20. The molecule has 0 rings (SSSR count). The molecule has 0 aliphatic rings. The highest BCUT2D eigenvalue weighted by Crippen LogP contribution is 2.20. The molecule has 0 heterocycles. The van der Waals surface area contributed by atoms with Crippen LogP contribution < -0.4 is 0 Å². The Morgan fingerprint density at radius 1 is 1.30 bits per heavy atom. The molecule has 0 aromatic heterocycles. The van der Waals surface area contributed by atoms with E-state index in [1.807, 2.05) is 40.7 Å². The van der Waals surface area contributed by atoms with Crippen molar-refractivity contribution < 1.29 is 5.11 Å². The predicted molar refractivity (Wildman–Crippen MR) is 44.9 cm³/mol. The third-order valence-corrected chi connectivity index (χ3v) is 1.38. The van der Waals surface area contributed by atoms with Crippen molar-refractivity contribution in [1.82, 2.24) is 0 Å². The van der Waals surface area contributed by atoms with Gasteiger partial charge in [-0.1, -0.05) is 32.4 Å². The van der Waals surface area contributed by atoms with E-state index in [9.17, 15) is 5.11 Å². The molecule has 0 amide bonds. The predicted octanol–water partition coefficient (Wildman–Crippen LogP) is 2.36. The summed E-state index contributed by atoms with van der Waals surface area (Å²) in [4.78, 5) is 0. The standard InChI is InChI=1S/C9H18O/c1-7(2)6-8(10)9(3,4)5/h6,8,10H,1-5H3. The first-order chi connectivity index (χ1) is 4.34. The fraction of sp³-hybridized carbons (Fsp3) is 0.778. The molecular formula is C9H18O. The summed E-state index contributed by atoms with van der Waals surface area (Å²) < 4.78 is 0. The van der Waals surface area contributed by atoms with Crippen molar-refractivity contribution in [2.75, 3.05) is 0 Å². The molecule has 1 unspecified atom stereocenters. The van der Waals surface area contributed by atoms with Crippen LogP contribution in [0.15, 0.2) is 11.6 Å². The number of allylic oxidation sites excluding steroid dienone is 1. The fourth-order valence-electron chi connectivity index (χ4n) is 0.566. The SMILES string of the molecule is CC(C)=CC(O)C(C)(C)C. The minimum atomic E-state index is -0.322. The Morgan fingerprint density at radius 3 is 1.80 bits per heavy atom. The van der Waals surface area contributed by atoms with E-state index in [1.54, 1.807) is 0 Å². The van der Waals surface area contributed by atoms with Crippen LogP contribution in [-0.2, 0) is 0 Å². The molecule has 0 aliphatic heterocycles. The first-order valence-electron chi connectivity index (χ1n) is 3.67. The van der Waals surface area contributed by atoms with Crippen LogP contribution in [0.25, 0.3) is 0 Å². The van der Waals surface area contributed by atoms with Gasteiger partial charge in [0.25, 0.3) is 0 Å². The van der Waals surface area contributed by atoms with E-state index in [-0.39, 0.29) is 11.5 Å². The lowest BCUT2D eigenvalue weighted by atomic mass is 9.88. The van der Waals surface area contributed by atoms with E-state index >= 15 is 0 Å². The van der Waals surface area contributed by atoms with Crippen molar-refractivity contribution in [3.05, 3.63) is 11.6 Å². The molecule has 60 valence electrons. The van der Waals surface area contributed by atoms with Gasteiger partial charge in [-0.3, -0.25) is 0 Å². The molecule has 0 saturated heterocycles. The number of hydrogen-bond acceptors (Lipinski definition) is 1. The average Bonchev–Trinajstić information content (AvgIpc) is 1.60. The van der Waals surface area contributed by atoms with Crippen molar-refractivity contribution in [3.8, 4) is 0 Å². The van der Waals surface area contributed by atoms with E-state index in [1.165, 1.54) is 5.57 Å². The van der Waals surface area contributed by atoms with Crippen LogP contribution in [0.2, 0.25) is 0 Å². The summed E-state index contributed by atoms with van der Waals surface area (Å²) in [5, 5.41) is 9.48. The second-order valence-electron chi connectivity index (χ2n) is 4.05. The Kier molecular flexibility index (Phi) is 3.10. The third kappa shape index (κ3) is 3.67. The summed E-state index contributed by atoms with van der Waals surface area (Å²) in [5.41, 5.74) is 1.14. The normalized spacial score (nSPS) is 14.6. The van der Waals surface area contributed by atoms with Crippen molar-refractivity contribution >= 4 is 0 Å². The molecule has 0 aromatic carbocycles. The summed E-state index contributed by atoms with van der Waals surface area (Å²) in [6, 6.07) is 0. The molecule has 0 aliphatic carbocycles. The van der Waals surface area contributed by atoms with Gasteiger partial charge in [-0.25, -0.2) is 0 Å². The van der Waals surface area contributed by atoms with Gasteiger partial charge in [0.1, 0.15) is 0 Å². The molecule has 1 heteroatoms. The van der Waals surface area contributed by atoms with Crippen LogP contribution in [-0.4, -0.2) is 11.2 Å². The summed E-state index contributed by atoms with van der Waals surface area (Å²) in [6.45, 7) is 10.1. The lowest BCUT2D eigenvalue weighted by Crippen LogP contribution is -2.23. The van der Waals surface area contributed by atoms with Gasteiger partial charge in [-0.05, 0) is 19.3 Å². The van der Waals surface area contributed by atoms with Gasteiger partial charge in [0.05, 0.1) is 6.10 Å². The van der Waals surface area contributed by atoms with Crippen molar-refractivity contribution in [1.29, 1.82) is 0 Å². The van der Waals surface area contributed by atoms with Crippen LogP contribution in [0, 0.1) is 5.41 Å². The van der Waals surface area contributed by atoms with Crippen molar-refractivity contribution in [3.63, 3.8) is 0 Å². The van der Waals surface area contributed by atoms with Gasteiger partial charge in [0.15, 0.2) is 0 Å². The van der Waals surface area contributed by atoms with Gasteiger partial charge < -0.3 is 5.11 Å². The van der Waals surface area contributed by atoms with Gasteiger partial charge >= 0.3 is 0 Å². The fourth-order valence-corrected chi connectivity index (χ4v) is 0.566. The first kappa shape index (κ1) is 9.70. The second-order valence-corrected chi connectivity index (χ2v) is 4.05. The van der Waals surface area contributed by atoms with E-state index in [2.05, 4.69) is 0 Å². The number of hydrogen-bond donors (Lipinski definition) is 1. The Balaban J connectivity index is 4.11. The third-order valence-electron chi connectivity index (χ3n) is 1.38. The number of aliphatic hydroxyl groups excluding tert-OH is 1. The Hall–Kier alpha value is -0.300. The van der Waals surface area contributed by atoms with Gasteiger partial charge in [-0.15, -0.1) is 0 Å². The van der Waals surface area contributed by atoms with E-state index in [4.69, 9.17) is 0 Å². The highest BCUT2D eigenvalue weighted by molar-refractivity contribution is 5.01. The molecule has 0 bridgehead atoms. The zero-order valence-electron chi connectivity index (χ0n) is 7.60. The lowest BCUT2D eigenvalue weighted by molar-refractivity contribution is 0.105. The maximum Gasteiger partial charge on any atom is 0.0771 e. The topological polar surface area (TPSA) is 20.2 Å². The Bertz CT molecular complexity index is 124. The minimum Gasteiger partial charge on any atom is -0.388 e. The monoisotopic (exact) mass is 142 g/mol. The highest BCUT2D eigenvalue weighted by Gasteiger charge is 2.18. The summed E-state index contributed by atoms with van der Waals surface area (Å²) >= 11 is 0. The molecule has 0 spiro atoms. The maximum atomic E-state index is 9.48. The molecule has 1 atom stereocenters. The molecule has 1 nitrogen and oxygen atoms in total. The van der Waals surface area contributed by atoms with E-state index in [0.29, 0.717) is 0 Å². The van der Waals surface area contributed by atoms with Crippen LogP contribution in [0.5, 0.6) is 0 Å². The first-order valence-corrected chi connectivity index (χ1v) is 3.67. The summed E-state index contributed by atoms with van der Waals surface area (Å²) in [7, 11) is 0. The smallest absolute Gasteiger partial charge is 0.0771 e. The molecule has 1 N–H and O–H groups in total. The number of rotatable bonds is 1. The van der Waals surface area contributed by atoms with Crippen LogP contribution in [0.3, 0.4) is 0 Å². The zero-order valence-corrected chi connectivity index (χ0v) is 7.60. The number of aliphatic hydroxyl groups is 1. The summed E-state index contributed by atoms with van der Waals surface area (Å²) in [5.74, 6) is 0. The minimum absolute atomic E-state index is 0.0305. The van der Waals surface area contributed by atoms with Crippen LogP contribution in [0.4, 0.5) is 0 Å². The Labute approximate surface area is 63.8 Å². The molecule has 10 heavy (non-hydrogen) atoms. The largest absolute Gasteiger partial charge is 0.388 e. The molecule has 0 aromatic rings. The maximum absolute atomic E-state index is 9.48. The highest BCUT2D eigenvalue weighted by atomic mass is 16.3. The van der Waals surface area contributed by atoms with E-state index < -0.39 is 0 Å². The average molecular weight is 142 g/mol. The molecule has 0 fully saturated rings. The Morgan fingerprint density at radius 2 is 1.70 bits per heavy atom. The summed E-state index contributed by atoms with van der Waals surface area (Å²) in [6.07, 6.45) is 1.57. The van der Waals surface area contributed by atoms with Gasteiger partial charge in [-0.2, -0.15) is 0 Å². The van der Waals surface area contributed by atoms with E-state index in [0.717, 1.165) is 0 Å². The lowest BCUT2D eigenvalue weighted by Gasteiger charge is -2.23. The van der Waals surface area contributed by atoms with Crippen molar-refractivity contribution in [2.45, 2.75) is 40.7 Å². The quantitative estimate of drug-likeness (QED) is 0.557. The molecule has 0 saturated carbocycles. The van der Waals surface area contributed by atoms with Gasteiger partial charge in [0.2, 0.25) is 0 Å². The van der Waals surface area contributed by atoms with Crippen LogP contribution >= 0.6 is 0 Å². The zero-order chi connectivity index (χ0) is 8.36. The van der Waals surface area contributed by atoms with Crippen molar-refractivity contribution in [2.24, 2.45) is 5.41 Å². The van der Waals surface area contributed by atoms with Gasteiger partial charge in [0, 0.05) is 0 Å². The van der Waals surface area contributed by atoms with Crippen LogP contribution in [0.1, 0.15) is 34.6 Å². The molecule has 0 radical (unpaired) electrons.